The van der Waals surface area contributed by atoms with E-state index in [1.807, 2.05) is 0 Å². The van der Waals surface area contributed by atoms with Gasteiger partial charge < -0.3 is 14.2 Å². The molecular weight excluding hydrogens is 228 g/mol. The van der Waals surface area contributed by atoms with Crippen LogP contribution < -0.4 is 16.0 Å². The number of ether oxygens (including phenoxy) is 3. The molecule has 3 atom stereocenters. The van der Waals surface area contributed by atoms with Gasteiger partial charge in [-0.1, -0.05) is 0 Å². The van der Waals surface area contributed by atoms with Gasteiger partial charge in [0.25, 0.3) is 5.56 Å². The van der Waals surface area contributed by atoms with E-state index in [2.05, 4.69) is 4.98 Å². The summed E-state index contributed by atoms with van der Waals surface area (Å²) in [5.41, 5.74) is -0.989. The van der Waals surface area contributed by atoms with Crippen molar-refractivity contribution in [2.24, 2.45) is 0 Å². The third-order valence-electron chi connectivity index (χ3n) is 3.11. The summed E-state index contributed by atoms with van der Waals surface area (Å²) in [6.45, 7) is 0.276. The normalized spacial score (nSPS) is 30.5. The number of methoxy groups -OCH3 is 1. The fraction of sp³-hybridized carbons (Fsp3) is 0.600. The molecule has 17 heavy (non-hydrogen) atoms. The van der Waals surface area contributed by atoms with Crippen LogP contribution >= 0.6 is 0 Å². The third-order valence-corrected chi connectivity index (χ3v) is 3.11. The maximum Gasteiger partial charge on any atom is 0.333 e. The summed E-state index contributed by atoms with van der Waals surface area (Å²) in [5.74, 6) is 0.251. The monoisotopic (exact) mass is 240 g/mol. The number of nitrogens with one attached hydrogen (secondary N) is 1. The van der Waals surface area contributed by atoms with Crippen LogP contribution in [0.4, 0.5) is 0 Å². The molecule has 1 aromatic heterocycles. The molecule has 1 saturated heterocycles. The molecule has 1 aromatic rings. The van der Waals surface area contributed by atoms with Crippen molar-refractivity contribution < 1.29 is 14.2 Å². The molecule has 3 rings (SSSR count). The quantitative estimate of drug-likeness (QED) is 0.697. The Morgan fingerprint density at radius 2 is 2.35 bits per heavy atom. The van der Waals surface area contributed by atoms with Gasteiger partial charge in [0.05, 0.1) is 12.2 Å². The van der Waals surface area contributed by atoms with Gasteiger partial charge in [0.1, 0.15) is 18.9 Å². The Morgan fingerprint density at radius 3 is 3.12 bits per heavy atom. The van der Waals surface area contributed by atoms with Crippen LogP contribution in [0.2, 0.25) is 0 Å². The number of aromatic amines is 1. The molecule has 3 heterocycles. The molecule has 1 fully saturated rings. The number of aromatic nitrogens is 2. The summed E-state index contributed by atoms with van der Waals surface area (Å²) < 4.78 is 17.7. The van der Waals surface area contributed by atoms with Crippen molar-refractivity contribution in [2.75, 3.05) is 13.7 Å². The number of H-pyrrole nitrogens is 1. The Labute approximate surface area is 95.9 Å². The first-order valence-electron chi connectivity index (χ1n) is 5.36. The summed E-state index contributed by atoms with van der Waals surface area (Å²) in [6, 6.07) is 1.26. The Bertz CT molecular complexity index is 548. The maximum atomic E-state index is 11.7. The summed E-state index contributed by atoms with van der Waals surface area (Å²) in [5, 5.41) is 0. The smallest absolute Gasteiger partial charge is 0.333 e. The number of hydrogen-bond acceptors (Lipinski definition) is 5. The Kier molecular flexibility index (Phi) is 2.30. The predicted molar refractivity (Wildman–Crippen MR) is 56.1 cm³/mol. The van der Waals surface area contributed by atoms with Crippen molar-refractivity contribution in [1.29, 1.82) is 0 Å². The first kappa shape index (κ1) is 10.5. The minimum absolute atomic E-state index is 0.0908. The van der Waals surface area contributed by atoms with Crippen molar-refractivity contribution in [3.63, 3.8) is 0 Å². The minimum atomic E-state index is -0.519. The van der Waals surface area contributed by atoms with Crippen LogP contribution in [-0.2, 0) is 9.47 Å². The average Bonchev–Trinajstić information content (AvgIpc) is 2.57. The molecule has 0 saturated carbocycles. The van der Waals surface area contributed by atoms with Crippen molar-refractivity contribution >= 4 is 0 Å². The zero-order chi connectivity index (χ0) is 12.0. The van der Waals surface area contributed by atoms with E-state index in [4.69, 9.17) is 14.2 Å². The Morgan fingerprint density at radius 1 is 1.53 bits per heavy atom. The van der Waals surface area contributed by atoms with Crippen molar-refractivity contribution in [3.05, 3.63) is 26.9 Å². The fourth-order valence-electron chi connectivity index (χ4n) is 2.29. The van der Waals surface area contributed by atoms with E-state index in [1.165, 1.54) is 10.6 Å². The second-order valence-corrected chi connectivity index (χ2v) is 4.10. The summed E-state index contributed by atoms with van der Waals surface area (Å²) in [7, 11) is 1.60. The molecule has 2 aliphatic heterocycles. The van der Waals surface area contributed by atoms with Gasteiger partial charge in [-0.25, -0.2) is 9.36 Å². The predicted octanol–water partition coefficient (Wildman–Crippen LogP) is -0.768. The molecule has 1 N–H and O–H groups in total. The van der Waals surface area contributed by atoms with Gasteiger partial charge in [-0.05, 0) is 0 Å². The lowest BCUT2D eigenvalue weighted by Gasteiger charge is -2.18. The van der Waals surface area contributed by atoms with E-state index in [0.717, 1.165) is 0 Å². The van der Waals surface area contributed by atoms with Crippen LogP contribution in [0.25, 0.3) is 0 Å². The van der Waals surface area contributed by atoms with Gasteiger partial charge in [0.2, 0.25) is 5.88 Å². The summed E-state index contributed by atoms with van der Waals surface area (Å²) in [6.07, 6.45) is -0.165. The van der Waals surface area contributed by atoms with E-state index < -0.39 is 17.5 Å². The van der Waals surface area contributed by atoms with Crippen molar-refractivity contribution in [2.45, 2.75) is 24.9 Å². The molecule has 7 nitrogen and oxygen atoms in total. The zero-order valence-electron chi connectivity index (χ0n) is 9.21. The van der Waals surface area contributed by atoms with Crippen molar-refractivity contribution in [3.8, 4) is 5.88 Å². The highest BCUT2D eigenvalue weighted by molar-refractivity contribution is 5.12. The molecule has 2 bridgehead atoms. The molecule has 0 amide bonds. The van der Waals surface area contributed by atoms with Crippen molar-refractivity contribution in [1.82, 2.24) is 9.55 Å². The number of fused-ring (bicyclic) bond motifs is 4. The largest absolute Gasteiger partial charge is 0.476 e. The van der Waals surface area contributed by atoms with Crippen LogP contribution in [0, 0.1) is 0 Å². The van der Waals surface area contributed by atoms with Crippen LogP contribution in [-0.4, -0.2) is 35.5 Å². The lowest BCUT2D eigenvalue weighted by atomic mass is 10.2. The van der Waals surface area contributed by atoms with E-state index in [0.29, 0.717) is 6.42 Å². The molecule has 92 valence electrons. The van der Waals surface area contributed by atoms with E-state index in [-0.39, 0.29) is 24.7 Å². The molecule has 0 unspecified atom stereocenters. The maximum absolute atomic E-state index is 11.7. The minimum Gasteiger partial charge on any atom is -0.476 e. The first-order valence-corrected chi connectivity index (χ1v) is 5.36. The van der Waals surface area contributed by atoms with E-state index >= 15 is 0 Å². The average molecular weight is 240 g/mol. The molecule has 0 aromatic carbocycles. The highest BCUT2D eigenvalue weighted by atomic mass is 16.6. The molecule has 2 aliphatic rings. The standard InChI is InChI=1S/C10H12N2O5/c1-15-5-2-9-12-8(16-4-6(5)17-9)3-7(13)11-10(12)14/h3,5-6,9H,2,4H2,1H3,(H,11,13,14)/t5-,6+,9+/m0/s1. The van der Waals surface area contributed by atoms with Crippen LogP contribution in [0.1, 0.15) is 12.6 Å². The zero-order valence-corrected chi connectivity index (χ0v) is 9.21. The van der Waals surface area contributed by atoms with Gasteiger partial charge >= 0.3 is 5.69 Å². The van der Waals surface area contributed by atoms with Crippen LogP contribution in [0.3, 0.4) is 0 Å². The highest BCUT2D eigenvalue weighted by Gasteiger charge is 2.40. The Balaban J connectivity index is 2.10. The van der Waals surface area contributed by atoms with Crippen LogP contribution in [0.15, 0.2) is 15.7 Å². The molecule has 0 spiro atoms. The highest BCUT2D eigenvalue weighted by Crippen LogP contribution is 2.34. The number of hydrogen-bond donors (Lipinski definition) is 1. The van der Waals surface area contributed by atoms with Gasteiger partial charge in [0, 0.05) is 13.5 Å². The molecule has 0 aliphatic carbocycles. The van der Waals surface area contributed by atoms with Gasteiger partial charge in [-0.2, -0.15) is 0 Å². The third kappa shape index (κ3) is 1.58. The summed E-state index contributed by atoms with van der Waals surface area (Å²) in [4.78, 5) is 25.1. The van der Waals surface area contributed by atoms with E-state index in [9.17, 15) is 9.59 Å². The number of nitrogens with zero attached hydrogens (tertiary/aromatic N) is 1. The second kappa shape index (κ2) is 3.71. The summed E-state index contributed by atoms with van der Waals surface area (Å²) >= 11 is 0. The topological polar surface area (TPSA) is 82.6 Å². The van der Waals surface area contributed by atoms with Crippen LogP contribution in [0.5, 0.6) is 5.88 Å². The lowest BCUT2D eigenvalue weighted by Crippen LogP contribution is -2.34. The first-order chi connectivity index (χ1) is 8.19. The van der Waals surface area contributed by atoms with Gasteiger partial charge in [0.15, 0.2) is 0 Å². The van der Waals surface area contributed by atoms with E-state index in [1.54, 1.807) is 7.11 Å². The SMILES string of the molecule is CO[C@H]1C[C@H]2O[C@@H]1COc1cc(=O)[nH]c(=O)n12. The molecule has 7 heteroatoms. The molecule has 0 radical (unpaired) electrons. The van der Waals surface area contributed by atoms with Gasteiger partial charge in [-0.15, -0.1) is 0 Å². The number of rotatable bonds is 1. The fourth-order valence-corrected chi connectivity index (χ4v) is 2.29. The second-order valence-electron chi connectivity index (χ2n) is 4.10. The lowest BCUT2D eigenvalue weighted by molar-refractivity contribution is -0.0315. The molecular formula is C10H12N2O5. The van der Waals surface area contributed by atoms with Gasteiger partial charge in [-0.3, -0.25) is 9.78 Å². The Hall–Kier alpha value is -1.60.